The molecular weight excluding hydrogens is 376 g/mol. The number of rotatable bonds is 4. The van der Waals surface area contributed by atoms with Gasteiger partial charge in [0.05, 0.1) is 17.8 Å². The van der Waals surface area contributed by atoms with Crippen LogP contribution in [0.15, 0.2) is 47.0 Å². The van der Waals surface area contributed by atoms with Gasteiger partial charge in [-0.3, -0.25) is 4.79 Å². The van der Waals surface area contributed by atoms with E-state index in [1.54, 1.807) is 58.9 Å². The second kappa shape index (κ2) is 7.27. The third kappa shape index (κ3) is 3.14. The zero-order chi connectivity index (χ0) is 21.5. The Bertz CT molecular complexity index is 960. The summed E-state index contributed by atoms with van der Waals surface area (Å²) in [5, 5.41) is 2.67. The maximum Gasteiger partial charge on any atom is 0.341 e. The normalized spacial score (nSPS) is 20.7. The number of para-hydroxylation sites is 1. The molecule has 0 bridgehead atoms. The first-order valence-electron chi connectivity index (χ1n) is 9.33. The summed E-state index contributed by atoms with van der Waals surface area (Å²) in [6, 6.07) is 6.61. The average Bonchev–Trinajstić information content (AvgIpc) is 2.84. The minimum atomic E-state index is -1.83. The highest BCUT2D eigenvalue weighted by molar-refractivity contribution is 6.17. The number of esters is 2. The number of allylic oxidation sites excluding steroid dienone is 1. The van der Waals surface area contributed by atoms with Crippen molar-refractivity contribution in [1.29, 1.82) is 0 Å². The molecule has 3 N–H and O–H groups in total. The molecule has 1 aromatic rings. The molecule has 0 saturated carbocycles. The van der Waals surface area contributed by atoms with Crippen LogP contribution >= 0.6 is 0 Å². The van der Waals surface area contributed by atoms with Crippen molar-refractivity contribution in [3.8, 4) is 5.75 Å². The molecule has 1 amide bonds. The summed E-state index contributed by atoms with van der Waals surface area (Å²) in [4.78, 5) is 39.5. The molecule has 0 fully saturated rings. The van der Waals surface area contributed by atoms with Crippen molar-refractivity contribution in [2.75, 3.05) is 0 Å². The minimum Gasteiger partial charge on any atom is -0.460 e. The molecule has 1 aromatic carbocycles. The van der Waals surface area contributed by atoms with Crippen LogP contribution in [-0.4, -0.2) is 30.1 Å². The maximum absolute atomic E-state index is 13.4. The molecule has 0 saturated heterocycles. The average molecular weight is 400 g/mol. The molecule has 0 aromatic heterocycles. The molecule has 2 heterocycles. The van der Waals surface area contributed by atoms with Gasteiger partial charge in [0.15, 0.2) is 0 Å². The van der Waals surface area contributed by atoms with Gasteiger partial charge in [-0.2, -0.15) is 0 Å². The Morgan fingerprint density at radius 1 is 1.03 bits per heavy atom. The van der Waals surface area contributed by atoms with Crippen LogP contribution in [0.25, 0.3) is 0 Å². The van der Waals surface area contributed by atoms with E-state index >= 15 is 0 Å². The molecular formula is C21H24N2O6. The van der Waals surface area contributed by atoms with E-state index in [0.29, 0.717) is 5.56 Å². The summed E-state index contributed by atoms with van der Waals surface area (Å²) in [6.07, 6.45) is -0.907. The standard InChI is InChI=1S/C21H24N2O6/c1-10(2)27-18(24)15-12(5)23-20(26)21(15)13-8-6-7-9-14(13)29-17(22)16(21)19(25)28-11(3)4/h6-11H,22H2,1-5H3,(H,23,26). The fourth-order valence-corrected chi connectivity index (χ4v) is 3.68. The van der Waals surface area contributed by atoms with Crippen molar-refractivity contribution in [3.63, 3.8) is 0 Å². The number of hydrogen-bond donors (Lipinski definition) is 2. The monoisotopic (exact) mass is 400 g/mol. The number of carbonyl (C=O) groups excluding carboxylic acids is 3. The second-order valence-electron chi connectivity index (χ2n) is 7.45. The molecule has 2 aliphatic rings. The highest BCUT2D eigenvalue weighted by atomic mass is 16.6. The number of hydrogen-bond acceptors (Lipinski definition) is 7. The Hall–Kier alpha value is -3.29. The molecule has 1 spiro atoms. The lowest BCUT2D eigenvalue weighted by Crippen LogP contribution is -2.49. The number of amides is 1. The van der Waals surface area contributed by atoms with Crippen molar-refractivity contribution in [3.05, 3.63) is 52.6 Å². The van der Waals surface area contributed by atoms with Crippen LogP contribution in [-0.2, 0) is 29.3 Å². The predicted molar refractivity (Wildman–Crippen MR) is 103 cm³/mol. The number of benzene rings is 1. The first-order valence-corrected chi connectivity index (χ1v) is 9.33. The number of carbonyl (C=O) groups is 3. The summed E-state index contributed by atoms with van der Waals surface area (Å²) < 4.78 is 16.4. The first kappa shape index (κ1) is 20.4. The van der Waals surface area contributed by atoms with E-state index in [2.05, 4.69) is 5.32 Å². The topological polar surface area (TPSA) is 117 Å². The third-order valence-corrected chi connectivity index (χ3v) is 4.62. The SMILES string of the molecule is CC1=C(C(=O)OC(C)C)C2(C(=O)N1)C(C(=O)OC(C)C)=C(N)Oc1ccccc12. The van der Waals surface area contributed by atoms with Crippen LogP contribution in [0.3, 0.4) is 0 Å². The van der Waals surface area contributed by atoms with Gasteiger partial charge < -0.3 is 25.3 Å². The van der Waals surface area contributed by atoms with Crippen LogP contribution in [0.1, 0.15) is 40.2 Å². The summed E-state index contributed by atoms with van der Waals surface area (Å²) in [5.41, 5.74) is 4.61. The van der Waals surface area contributed by atoms with Gasteiger partial charge in [-0.15, -0.1) is 0 Å². The van der Waals surface area contributed by atoms with Crippen LogP contribution < -0.4 is 15.8 Å². The van der Waals surface area contributed by atoms with Gasteiger partial charge in [0.25, 0.3) is 0 Å². The molecule has 2 aliphatic heterocycles. The van der Waals surface area contributed by atoms with Gasteiger partial charge >= 0.3 is 11.9 Å². The van der Waals surface area contributed by atoms with E-state index in [0.717, 1.165) is 0 Å². The van der Waals surface area contributed by atoms with Crippen molar-refractivity contribution in [2.45, 2.75) is 52.2 Å². The van der Waals surface area contributed by atoms with Gasteiger partial charge in [-0.25, -0.2) is 9.59 Å². The zero-order valence-electron chi connectivity index (χ0n) is 17.0. The molecule has 0 radical (unpaired) electrons. The van der Waals surface area contributed by atoms with Crippen LogP contribution in [0.5, 0.6) is 5.75 Å². The summed E-state index contributed by atoms with van der Waals surface area (Å²) in [7, 11) is 0. The van der Waals surface area contributed by atoms with Crippen molar-refractivity contribution in [2.24, 2.45) is 5.73 Å². The lowest BCUT2D eigenvalue weighted by atomic mass is 9.67. The third-order valence-electron chi connectivity index (χ3n) is 4.62. The zero-order valence-corrected chi connectivity index (χ0v) is 17.0. The smallest absolute Gasteiger partial charge is 0.341 e. The van der Waals surface area contributed by atoms with E-state index in [1.165, 1.54) is 0 Å². The minimum absolute atomic E-state index is 0.00870. The fourth-order valence-electron chi connectivity index (χ4n) is 3.68. The van der Waals surface area contributed by atoms with E-state index in [9.17, 15) is 14.4 Å². The number of nitrogens with one attached hydrogen (secondary N) is 1. The van der Waals surface area contributed by atoms with Gasteiger partial charge in [0.1, 0.15) is 16.7 Å². The Morgan fingerprint density at radius 3 is 2.17 bits per heavy atom. The largest absolute Gasteiger partial charge is 0.460 e. The summed E-state index contributed by atoms with van der Waals surface area (Å²) in [5.74, 6) is -2.19. The van der Waals surface area contributed by atoms with Gasteiger partial charge in [-0.1, -0.05) is 18.2 Å². The van der Waals surface area contributed by atoms with Gasteiger partial charge in [0, 0.05) is 11.3 Å². The summed E-state index contributed by atoms with van der Waals surface area (Å²) in [6.45, 7) is 8.30. The number of fused-ring (bicyclic) bond motifs is 2. The Balaban J connectivity index is 2.34. The molecule has 8 heteroatoms. The van der Waals surface area contributed by atoms with Crippen LogP contribution in [0, 0.1) is 0 Å². The molecule has 3 rings (SSSR count). The van der Waals surface area contributed by atoms with Gasteiger partial charge in [0.2, 0.25) is 11.8 Å². The Morgan fingerprint density at radius 2 is 1.59 bits per heavy atom. The van der Waals surface area contributed by atoms with E-state index in [4.69, 9.17) is 19.9 Å². The first-order chi connectivity index (χ1) is 13.6. The lowest BCUT2D eigenvalue weighted by molar-refractivity contribution is -0.146. The van der Waals surface area contributed by atoms with Crippen molar-refractivity contribution >= 4 is 17.8 Å². The quantitative estimate of drug-likeness (QED) is 0.740. The fraction of sp³-hybridized carbons (Fsp3) is 0.381. The molecule has 8 nitrogen and oxygen atoms in total. The van der Waals surface area contributed by atoms with Crippen molar-refractivity contribution < 1.29 is 28.6 Å². The highest BCUT2D eigenvalue weighted by Crippen LogP contribution is 2.51. The maximum atomic E-state index is 13.4. The number of nitrogens with two attached hydrogens (primary N) is 1. The molecule has 154 valence electrons. The van der Waals surface area contributed by atoms with Crippen LogP contribution in [0.4, 0.5) is 0 Å². The second-order valence-corrected chi connectivity index (χ2v) is 7.45. The Kier molecular flexibility index (Phi) is 5.13. The molecule has 1 atom stereocenters. The van der Waals surface area contributed by atoms with E-state index < -0.39 is 35.5 Å². The molecule has 0 aliphatic carbocycles. The lowest BCUT2D eigenvalue weighted by Gasteiger charge is -2.36. The Labute approximate surface area is 168 Å². The predicted octanol–water partition coefficient (Wildman–Crippen LogP) is 1.79. The van der Waals surface area contributed by atoms with Crippen LogP contribution in [0.2, 0.25) is 0 Å². The number of ether oxygens (including phenoxy) is 3. The van der Waals surface area contributed by atoms with E-state index in [-0.39, 0.29) is 28.5 Å². The molecule has 29 heavy (non-hydrogen) atoms. The highest BCUT2D eigenvalue weighted by Gasteiger charge is 2.61. The summed E-state index contributed by atoms with van der Waals surface area (Å²) >= 11 is 0. The van der Waals surface area contributed by atoms with E-state index in [1.807, 2.05) is 0 Å². The molecule has 1 unspecified atom stereocenters. The van der Waals surface area contributed by atoms with Gasteiger partial charge in [-0.05, 0) is 40.7 Å². The van der Waals surface area contributed by atoms with Crippen molar-refractivity contribution in [1.82, 2.24) is 5.32 Å².